The van der Waals surface area contributed by atoms with E-state index in [2.05, 4.69) is 43.0 Å². The number of aryl methyl sites for hydroxylation is 1. The largest absolute Gasteiger partial charge is 0.353 e. The molecule has 1 fully saturated rings. The fraction of sp³-hybridized carbons (Fsp3) is 0.556. The van der Waals surface area contributed by atoms with Crippen LogP contribution in [0.5, 0.6) is 0 Å². The van der Waals surface area contributed by atoms with Gasteiger partial charge in [0.15, 0.2) is 6.29 Å². The van der Waals surface area contributed by atoms with Crippen LogP contribution in [0.3, 0.4) is 0 Å². The van der Waals surface area contributed by atoms with E-state index in [1.54, 1.807) is 0 Å². The normalized spacial score (nSPS) is 18.4. The van der Waals surface area contributed by atoms with Gasteiger partial charge >= 0.3 is 0 Å². The summed E-state index contributed by atoms with van der Waals surface area (Å²) in [5.41, 5.74) is 2.45. The predicted molar refractivity (Wildman–Crippen MR) is 81.5 cm³/mol. The Morgan fingerprint density at radius 3 is 2.80 bits per heavy atom. The van der Waals surface area contributed by atoms with E-state index >= 15 is 0 Å². The minimum absolute atomic E-state index is 0.0468. The van der Waals surface area contributed by atoms with Gasteiger partial charge in [-0.1, -0.05) is 37.3 Å². The number of hydrogen-bond donors (Lipinski definition) is 0. The molecule has 2 rings (SSSR count). The molecule has 1 heterocycles. The second-order valence-corrected chi connectivity index (χ2v) is 5.21. The highest BCUT2D eigenvalue weighted by atomic mass is 16.7. The molecule has 0 spiro atoms. The first-order chi connectivity index (χ1) is 9.88. The van der Waals surface area contributed by atoms with E-state index in [0.717, 1.165) is 31.4 Å². The zero-order valence-electron chi connectivity index (χ0n) is 12.4. The van der Waals surface area contributed by atoms with Crippen molar-refractivity contribution in [3.8, 4) is 11.8 Å². The fourth-order valence-corrected chi connectivity index (χ4v) is 2.25. The number of unbranched alkanes of at least 4 members (excludes halogenated alkanes) is 1. The van der Waals surface area contributed by atoms with E-state index < -0.39 is 0 Å². The van der Waals surface area contributed by atoms with Gasteiger partial charge in [0.1, 0.15) is 6.61 Å². The lowest BCUT2D eigenvalue weighted by Crippen LogP contribution is -2.22. The van der Waals surface area contributed by atoms with Gasteiger partial charge < -0.3 is 9.47 Å². The third kappa shape index (κ3) is 5.36. The van der Waals surface area contributed by atoms with E-state index in [-0.39, 0.29) is 6.29 Å². The molecule has 1 aliphatic rings. The summed E-state index contributed by atoms with van der Waals surface area (Å²) in [5, 5.41) is 0. The van der Waals surface area contributed by atoms with Gasteiger partial charge in [0, 0.05) is 12.2 Å². The minimum atomic E-state index is -0.0468. The van der Waals surface area contributed by atoms with E-state index in [0.29, 0.717) is 6.61 Å². The second-order valence-electron chi connectivity index (χ2n) is 5.21. The van der Waals surface area contributed by atoms with Crippen molar-refractivity contribution in [3.05, 3.63) is 35.4 Å². The fourth-order valence-electron chi connectivity index (χ4n) is 2.25. The summed E-state index contributed by atoms with van der Waals surface area (Å²) < 4.78 is 11.1. The van der Waals surface area contributed by atoms with Crippen LogP contribution in [0.15, 0.2) is 24.3 Å². The van der Waals surface area contributed by atoms with E-state index in [1.165, 1.54) is 24.8 Å². The third-order valence-electron chi connectivity index (χ3n) is 3.48. The van der Waals surface area contributed by atoms with Crippen LogP contribution in [0.4, 0.5) is 0 Å². The van der Waals surface area contributed by atoms with Crippen LogP contribution in [0.1, 0.15) is 50.2 Å². The van der Waals surface area contributed by atoms with Crippen LogP contribution in [-0.2, 0) is 15.9 Å². The van der Waals surface area contributed by atoms with Gasteiger partial charge in [0.25, 0.3) is 0 Å². The Balaban J connectivity index is 1.73. The zero-order valence-corrected chi connectivity index (χ0v) is 12.4. The molecule has 1 aromatic carbocycles. The molecule has 0 aliphatic carbocycles. The van der Waals surface area contributed by atoms with Crippen molar-refractivity contribution >= 4 is 0 Å². The van der Waals surface area contributed by atoms with Crippen molar-refractivity contribution in [3.63, 3.8) is 0 Å². The molecule has 0 bridgehead atoms. The predicted octanol–water partition coefficient (Wildman–Crippen LogP) is 3.92. The average Bonchev–Trinajstić information content (AvgIpc) is 2.52. The molecule has 2 nitrogen and oxygen atoms in total. The smallest absolute Gasteiger partial charge is 0.158 e. The van der Waals surface area contributed by atoms with Gasteiger partial charge in [-0.2, -0.15) is 0 Å². The molecule has 0 aromatic heterocycles. The van der Waals surface area contributed by atoms with Crippen molar-refractivity contribution in [2.75, 3.05) is 13.2 Å². The molecule has 1 aromatic rings. The van der Waals surface area contributed by atoms with Gasteiger partial charge in [0.2, 0.25) is 0 Å². The summed E-state index contributed by atoms with van der Waals surface area (Å²) in [7, 11) is 0. The van der Waals surface area contributed by atoms with Crippen molar-refractivity contribution in [1.29, 1.82) is 0 Å². The van der Waals surface area contributed by atoms with Gasteiger partial charge in [-0.15, -0.1) is 0 Å². The Kier molecular flexibility index (Phi) is 6.63. The lowest BCUT2D eigenvalue weighted by molar-refractivity contribution is -0.154. The standard InChI is InChI=1S/C18H24O2/c1-2-3-7-16-10-12-17(13-11-16)8-6-15-20-18-9-4-5-14-19-18/h10-13,18H,2-5,7,9,14-15H2,1H3. The van der Waals surface area contributed by atoms with Crippen LogP contribution in [0.2, 0.25) is 0 Å². The van der Waals surface area contributed by atoms with Gasteiger partial charge in [-0.25, -0.2) is 0 Å². The summed E-state index contributed by atoms with van der Waals surface area (Å²) in [6.45, 7) is 3.48. The maximum atomic E-state index is 5.59. The molecule has 0 amide bonds. The van der Waals surface area contributed by atoms with Crippen molar-refractivity contribution in [1.82, 2.24) is 0 Å². The average molecular weight is 272 g/mol. The first kappa shape index (κ1) is 15.1. The maximum Gasteiger partial charge on any atom is 0.158 e. The Morgan fingerprint density at radius 2 is 2.10 bits per heavy atom. The molecular formula is C18H24O2. The topological polar surface area (TPSA) is 18.5 Å². The molecule has 0 saturated carbocycles. The SMILES string of the molecule is CCCCc1ccc(C#CCOC2CCCCO2)cc1. The first-order valence-electron chi connectivity index (χ1n) is 7.69. The summed E-state index contributed by atoms with van der Waals surface area (Å²) in [4.78, 5) is 0. The first-order valence-corrected chi connectivity index (χ1v) is 7.69. The second kappa shape index (κ2) is 8.79. The lowest BCUT2D eigenvalue weighted by atomic mass is 10.1. The third-order valence-corrected chi connectivity index (χ3v) is 3.48. The minimum Gasteiger partial charge on any atom is -0.353 e. The van der Waals surface area contributed by atoms with Crippen LogP contribution >= 0.6 is 0 Å². The van der Waals surface area contributed by atoms with Gasteiger partial charge in [-0.05, 0) is 49.8 Å². The Labute approximate surface area is 122 Å². The lowest BCUT2D eigenvalue weighted by Gasteiger charge is -2.21. The molecule has 108 valence electrons. The number of benzene rings is 1. The molecule has 1 aliphatic heterocycles. The summed E-state index contributed by atoms with van der Waals surface area (Å²) in [6.07, 6.45) is 6.94. The van der Waals surface area contributed by atoms with Crippen molar-refractivity contribution in [2.45, 2.75) is 51.7 Å². The summed E-state index contributed by atoms with van der Waals surface area (Å²) in [6, 6.07) is 8.53. The molecule has 1 saturated heterocycles. The zero-order chi connectivity index (χ0) is 14.0. The monoisotopic (exact) mass is 272 g/mol. The molecular weight excluding hydrogens is 248 g/mol. The molecule has 1 unspecified atom stereocenters. The molecule has 2 heteroatoms. The van der Waals surface area contributed by atoms with Crippen LogP contribution in [-0.4, -0.2) is 19.5 Å². The molecule has 20 heavy (non-hydrogen) atoms. The molecule has 1 atom stereocenters. The highest BCUT2D eigenvalue weighted by Gasteiger charge is 2.12. The number of rotatable bonds is 5. The summed E-state index contributed by atoms with van der Waals surface area (Å²) >= 11 is 0. The molecule has 0 N–H and O–H groups in total. The summed E-state index contributed by atoms with van der Waals surface area (Å²) in [5.74, 6) is 6.20. The van der Waals surface area contributed by atoms with E-state index in [1.807, 2.05) is 0 Å². The highest BCUT2D eigenvalue weighted by Crippen LogP contribution is 2.13. The van der Waals surface area contributed by atoms with Gasteiger partial charge in [-0.3, -0.25) is 0 Å². The quantitative estimate of drug-likeness (QED) is 0.756. The van der Waals surface area contributed by atoms with Crippen molar-refractivity contribution in [2.24, 2.45) is 0 Å². The van der Waals surface area contributed by atoms with Crippen LogP contribution in [0.25, 0.3) is 0 Å². The maximum absolute atomic E-state index is 5.59. The van der Waals surface area contributed by atoms with Crippen molar-refractivity contribution < 1.29 is 9.47 Å². The highest BCUT2D eigenvalue weighted by molar-refractivity contribution is 5.36. The Morgan fingerprint density at radius 1 is 1.25 bits per heavy atom. The van der Waals surface area contributed by atoms with Crippen LogP contribution in [0, 0.1) is 11.8 Å². The number of ether oxygens (including phenoxy) is 2. The van der Waals surface area contributed by atoms with E-state index in [9.17, 15) is 0 Å². The Bertz CT molecular complexity index is 433. The van der Waals surface area contributed by atoms with Gasteiger partial charge in [0.05, 0.1) is 0 Å². The Hall–Kier alpha value is -1.30. The number of hydrogen-bond acceptors (Lipinski definition) is 2. The molecule has 0 radical (unpaired) electrons. The van der Waals surface area contributed by atoms with E-state index in [4.69, 9.17) is 9.47 Å². The van der Waals surface area contributed by atoms with Crippen LogP contribution < -0.4 is 0 Å².